The number of aromatic nitrogens is 2. The predicted molar refractivity (Wildman–Crippen MR) is 82.3 cm³/mol. The quantitative estimate of drug-likeness (QED) is 0.764. The van der Waals surface area contributed by atoms with Crippen LogP contribution in [-0.4, -0.2) is 27.7 Å². The number of carboxylic acid groups (broad SMARTS) is 1. The maximum Gasteiger partial charge on any atom is 0.404 e. The van der Waals surface area contributed by atoms with Crippen LogP contribution in [0.4, 0.5) is 4.79 Å². The summed E-state index contributed by atoms with van der Waals surface area (Å²) in [6.45, 7) is 4.77. The lowest BCUT2D eigenvalue weighted by Crippen LogP contribution is -2.23. The number of imidazole rings is 1. The maximum atomic E-state index is 10.4. The summed E-state index contributed by atoms with van der Waals surface area (Å²) >= 11 is 0. The van der Waals surface area contributed by atoms with Gasteiger partial charge in [-0.05, 0) is 17.9 Å². The van der Waals surface area contributed by atoms with E-state index in [-0.39, 0.29) is 0 Å². The summed E-state index contributed by atoms with van der Waals surface area (Å²) in [4.78, 5) is 17.9. The fourth-order valence-corrected chi connectivity index (χ4v) is 2.21. The fourth-order valence-electron chi connectivity index (χ4n) is 2.21. The second kappa shape index (κ2) is 6.92. The number of amides is 1. The van der Waals surface area contributed by atoms with Gasteiger partial charge >= 0.3 is 6.09 Å². The van der Waals surface area contributed by atoms with E-state index in [0.717, 1.165) is 23.5 Å². The average molecular weight is 287 g/mol. The molecule has 21 heavy (non-hydrogen) atoms. The van der Waals surface area contributed by atoms with Gasteiger partial charge in [0.1, 0.15) is 5.82 Å². The summed E-state index contributed by atoms with van der Waals surface area (Å²) in [5, 5.41) is 10.8. The fraction of sp³-hybridized carbons (Fsp3) is 0.375. The third-order valence-electron chi connectivity index (χ3n) is 3.16. The van der Waals surface area contributed by atoms with Crippen LogP contribution in [0.5, 0.6) is 0 Å². The first-order valence-corrected chi connectivity index (χ1v) is 7.15. The van der Waals surface area contributed by atoms with Gasteiger partial charge in [0.25, 0.3) is 0 Å². The summed E-state index contributed by atoms with van der Waals surface area (Å²) in [5.41, 5.74) is 3.28. The highest BCUT2D eigenvalue weighted by Gasteiger charge is 2.05. The van der Waals surface area contributed by atoms with Gasteiger partial charge in [0.2, 0.25) is 0 Å². The van der Waals surface area contributed by atoms with Crippen molar-refractivity contribution in [2.75, 3.05) is 6.54 Å². The van der Waals surface area contributed by atoms with Crippen molar-refractivity contribution in [2.45, 2.75) is 26.7 Å². The number of carbonyl (C=O) groups is 1. The van der Waals surface area contributed by atoms with E-state index in [4.69, 9.17) is 5.11 Å². The standard InChI is InChI=1S/C16H21N3O2/c1-11(2)9-12-3-5-13(6-4-12)14-10-18-15(19-14)7-8-17-16(20)21/h3-6,10-11,17H,7-9H2,1-2H3,(H,18,19)(H,20,21). The minimum atomic E-state index is -1.01. The Morgan fingerprint density at radius 1 is 1.33 bits per heavy atom. The molecule has 0 saturated carbocycles. The highest BCUT2D eigenvalue weighted by molar-refractivity contribution is 5.64. The Morgan fingerprint density at radius 2 is 2.05 bits per heavy atom. The molecular formula is C16H21N3O2. The van der Waals surface area contributed by atoms with E-state index in [1.165, 1.54) is 5.56 Å². The van der Waals surface area contributed by atoms with Crippen molar-refractivity contribution in [1.82, 2.24) is 15.3 Å². The lowest BCUT2D eigenvalue weighted by molar-refractivity contribution is 0.194. The molecule has 1 aromatic heterocycles. The van der Waals surface area contributed by atoms with Crippen LogP contribution in [0.1, 0.15) is 25.2 Å². The highest BCUT2D eigenvalue weighted by Crippen LogP contribution is 2.19. The molecule has 0 radical (unpaired) electrons. The van der Waals surface area contributed by atoms with Gasteiger partial charge in [0, 0.05) is 24.7 Å². The summed E-state index contributed by atoms with van der Waals surface area (Å²) in [6.07, 6.45) is 2.47. The van der Waals surface area contributed by atoms with Crippen LogP contribution in [0.2, 0.25) is 0 Å². The summed E-state index contributed by atoms with van der Waals surface area (Å²) in [6, 6.07) is 8.42. The Kier molecular flexibility index (Phi) is 4.98. The molecule has 0 aliphatic carbocycles. The van der Waals surface area contributed by atoms with Crippen LogP contribution in [0, 0.1) is 5.92 Å². The van der Waals surface area contributed by atoms with Crippen molar-refractivity contribution in [1.29, 1.82) is 0 Å². The molecule has 0 aliphatic rings. The van der Waals surface area contributed by atoms with Crippen LogP contribution >= 0.6 is 0 Å². The number of H-pyrrole nitrogens is 1. The Hall–Kier alpha value is -2.30. The van der Waals surface area contributed by atoms with Crippen molar-refractivity contribution in [3.05, 3.63) is 41.9 Å². The number of hydrogen-bond donors (Lipinski definition) is 3. The predicted octanol–water partition coefficient (Wildman–Crippen LogP) is 3.09. The van der Waals surface area contributed by atoms with Crippen LogP contribution in [0.15, 0.2) is 30.5 Å². The SMILES string of the molecule is CC(C)Cc1ccc(-c2c[nH]c(CCNC(=O)O)n2)cc1. The van der Waals surface area contributed by atoms with Gasteiger partial charge in [-0.2, -0.15) is 0 Å². The second-order valence-corrected chi connectivity index (χ2v) is 5.51. The van der Waals surface area contributed by atoms with Gasteiger partial charge < -0.3 is 15.4 Å². The molecule has 1 heterocycles. The molecule has 0 aliphatic heterocycles. The molecule has 1 aromatic carbocycles. The molecule has 2 aromatic rings. The zero-order valence-electron chi connectivity index (χ0n) is 12.4. The minimum Gasteiger partial charge on any atom is -0.465 e. The van der Waals surface area contributed by atoms with Gasteiger partial charge in [0.15, 0.2) is 0 Å². The lowest BCUT2D eigenvalue weighted by atomic mass is 10.0. The third-order valence-corrected chi connectivity index (χ3v) is 3.16. The van der Waals surface area contributed by atoms with Crippen molar-refractivity contribution >= 4 is 6.09 Å². The monoisotopic (exact) mass is 287 g/mol. The van der Waals surface area contributed by atoms with E-state index < -0.39 is 6.09 Å². The molecule has 0 fully saturated rings. The van der Waals surface area contributed by atoms with Crippen LogP contribution in [0.25, 0.3) is 11.3 Å². The van der Waals surface area contributed by atoms with Crippen LogP contribution < -0.4 is 5.32 Å². The third kappa shape index (κ3) is 4.63. The summed E-state index contributed by atoms with van der Waals surface area (Å²) < 4.78 is 0. The van der Waals surface area contributed by atoms with E-state index in [1.54, 1.807) is 0 Å². The molecule has 0 spiro atoms. The van der Waals surface area contributed by atoms with Gasteiger partial charge in [-0.3, -0.25) is 0 Å². The number of hydrogen-bond acceptors (Lipinski definition) is 2. The van der Waals surface area contributed by atoms with Gasteiger partial charge in [-0.1, -0.05) is 38.1 Å². The van der Waals surface area contributed by atoms with E-state index in [1.807, 2.05) is 6.20 Å². The highest BCUT2D eigenvalue weighted by atomic mass is 16.4. The van der Waals surface area contributed by atoms with Gasteiger partial charge in [-0.15, -0.1) is 0 Å². The van der Waals surface area contributed by atoms with Crippen molar-refractivity contribution in [3.8, 4) is 11.3 Å². The lowest BCUT2D eigenvalue weighted by Gasteiger charge is -2.05. The number of benzene rings is 1. The zero-order chi connectivity index (χ0) is 15.2. The summed E-state index contributed by atoms with van der Waals surface area (Å²) in [5.74, 6) is 1.43. The Balaban J connectivity index is 1.98. The molecule has 3 N–H and O–H groups in total. The normalized spacial score (nSPS) is 10.8. The second-order valence-electron chi connectivity index (χ2n) is 5.51. The Morgan fingerprint density at radius 3 is 2.67 bits per heavy atom. The Labute approximate surface area is 124 Å². The molecule has 5 heteroatoms. The first kappa shape index (κ1) is 15.1. The van der Waals surface area contributed by atoms with Crippen molar-refractivity contribution in [2.24, 2.45) is 5.92 Å². The largest absolute Gasteiger partial charge is 0.465 e. The first-order chi connectivity index (χ1) is 10.0. The van der Waals surface area contributed by atoms with Crippen molar-refractivity contribution in [3.63, 3.8) is 0 Å². The molecule has 0 saturated heterocycles. The molecule has 0 bridgehead atoms. The molecule has 112 valence electrons. The van der Waals surface area contributed by atoms with Crippen LogP contribution in [0.3, 0.4) is 0 Å². The molecular weight excluding hydrogens is 266 g/mol. The van der Waals surface area contributed by atoms with Crippen molar-refractivity contribution < 1.29 is 9.90 Å². The first-order valence-electron chi connectivity index (χ1n) is 7.15. The molecule has 1 amide bonds. The molecule has 0 unspecified atom stereocenters. The molecule has 2 rings (SSSR count). The van der Waals surface area contributed by atoms with Gasteiger partial charge in [-0.25, -0.2) is 9.78 Å². The minimum absolute atomic E-state index is 0.357. The van der Waals surface area contributed by atoms with Crippen LogP contribution in [-0.2, 0) is 12.8 Å². The molecule has 5 nitrogen and oxygen atoms in total. The van der Waals surface area contributed by atoms with E-state index in [2.05, 4.69) is 53.4 Å². The number of aromatic amines is 1. The molecule has 0 atom stereocenters. The number of nitrogens with one attached hydrogen (secondary N) is 2. The zero-order valence-corrected chi connectivity index (χ0v) is 12.4. The smallest absolute Gasteiger partial charge is 0.404 e. The number of nitrogens with zero attached hydrogens (tertiary/aromatic N) is 1. The van der Waals surface area contributed by atoms with E-state index in [9.17, 15) is 4.79 Å². The maximum absolute atomic E-state index is 10.4. The number of rotatable bonds is 6. The topological polar surface area (TPSA) is 78.0 Å². The Bertz CT molecular complexity index is 588. The van der Waals surface area contributed by atoms with E-state index in [0.29, 0.717) is 18.9 Å². The average Bonchev–Trinajstić information content (AvgIpc) is 2.87. The summed E-state index contributed by atoms with van der Waals surface area (Å²) in [7, 11) is 0. The van der Waals surface area contributed by atoms with Gasteiger partial charge in [0.05, 0.1) is 5.69 Å². The van der Waals surface area contributed by atoms with E-state index >= 15 is 0 Å².